The van der Waals surface area contributed by atoms with Crippen molar-refractivity contribution >= 4 is 11.3 Å². The van der Waals surface area contributed by atoms with Gasteiger partial charge in [-0.2, -0.15) is 0 Å². The van der Waals surface area contributed by atoms with Crippen molar-refractivity contribution in [3.8, 4) is 0 Å². The molecule has 86 valence electrons. The Balaban J connectivity index is 2.40. The molecule has 0 atom stereocenters. The summed E-state index contributed by atoms with van der Waals surface area (Å²) >= 11 is 1.87. The molecule has 0 aliphatic heterocycles. The first-order valence-corrected chi connectivity index (χ1v) is 6.26. The van der Waals surface area contributed by atoms with E-state index in [1.165, 1.54) is 9.75 Å². The second-order valence-corrected chi connectivity index (χ2v) is 5.94. The van der Waals surface area contributed by atoms with Crippen LogP contribution in [0.2, 0.25) is 0 Å². The minimum atomic E-state index is 0.258. The highest BCUT2D eigenvalue weighted by Gasteiger charge is 2.15. The monoisotopic (exact) mass is 227 g/mol. The van der Waals surface area contributed by atoms with E-state index >= 15 is 0 Å². The van der Waals surface area contributed by atoms with Gasteiger partial charge in [-0.25, -0.2) is 0 Å². The largest absolute Gasteiger partial charge is 0.396 e. The summed E-state index contributed by atoms with van der Waals surface area (Å²) in [6.07, 6.45) is 0.831. The van der Waals surface area contributed by atoms with Gasteiger partial charge in [0.15, 0.2) is 0 Å². The summed E-state index contributed by atoms with van der Waals surface area (Å²) in [6.45, 7) is 8.79. The third-order valence-electron chi connectivity index (χ3n) is 2.21. The molecule has 2 N–H and O–H groups in total. The zero-order chi connectivity index (χ0) is 11.3. The molecule has 15 heavy (non-hydrogen) atoms. The summed E-state index contributed by atoms with van der Waals surface area (Å²) in [5, 5.41) is 12.0. The molecule has 0 radical (unpaired) electrons. The molecule has 0 aliphatic rings. The Kier molecular flexibility index (Phi) is 4.77. The van der Waals surface area contributed by atoms with Gasteiger partial charge in [-0.05, 0) is 30.5 Å². The molecular formula is C12H21NOS. The number of nitrogens with one attached hydrogen (secondary N) is 1. The van der Waals surface area contributed by atoms with Crippen LogP contribution >= 0.6 is 11.3 Å². The summed E-state index contributed by atoms with van der Waals surface area (Å²) in [6, 6.07) is 4.41. The zero-order valence-corrected chi connectivity index (χ0v) is 10.7. The fourth-order valence-electron chi connectivity index (χ4n) is 1.29. The molecule has 3 heteroatoms. The second kappa shape index (κ2) is 5.64. The van der Waals surface area contributed by atoms with Crippen LogP contribution in [0, 0.1) is 0 Å². The van der Waals surface area contributed by atoms with Crippen molar-refractivity contribution in [2.24, 2.45) is 0 Å². The summed E-state index contributed by atoms with van der Waals surface area (Å²) in [7, 11) is 0. The Labute approximate surface area is 96.3 Å². The van der Waals surface area contributed by atoms with Crippen molar-refractivity contribution in [1.29, 1.82) is 0 Å². The van der Waals surface area contributed by atoms with E-state index < -0.39 is 0 Å². The van der Waals surface area contributed by atoms with Gasteiger partial charge in [0.05, 0.1) is 0 Å². The molecule has 0 aromatic carbocycles. The van der Waals surface area contributed by atoms with Crippen LogP contribution in [0.3, 0.4) is 0 Å². The van der Waals surface area contributed by atoms with Crippen LogP contribution in [-0.2, 0) is 12.0 Å². The quantitative estimate of drug-likeness (QED) is 0.758. The van der Waals surface area contributed by atoms with Gasteiger partial charge in [0.25, 0.3) is 0 Å². The van der Waals surface area contributed by atoms with Crippen LogP contribution < -0.4 is 5.32 Å². The molecule has 1 aromatic rings. The van der Waals surface area contributed by atoms with Gasteiger partial charge in [-0.15, -0.1) is 11.3 Å². The first-order chi connectivity index (χ1) is 7.04. The Morgan fingerprint density at radius 2 is 2.07 bits per heavy atom. The van der Waals surface area contributed by atoms with E-state index in [9.17, 15) is 0 Å². The normalized spacial score (nSPS) is 12.0. The maximum absolute atomic E-state index is 8.64. The number of hydrogen-bond acceptors (Lipinski definition) is 3. The van der Waals surface area contributed by atoms with Gasteiger partial charge in [0.1, 0.15) is 0 Å². The average Bonchev–Trinajstić information content (AvgIpc) is 2.60. The fourth-order valence-corrected chi connectivity index (χ4v) is 2.33. The van der Waals surface area contributed by atoms with Crippen LogP contribution in [0.25, 0.3) is 0 Å². The molecule has 2 nitrogen and oxygen atoms in total. The van der Waals surface area contributed by atoms with Gasteiger partial charge in [-0.1, -0.05) is 20.8 Å². The summed E-state index contributed by atoms with van der Waals surface area (Å²) in [5.74, 6) is 0. The molecule has 0 spiro atoms. The van der Waals surface area contributed by atoms with Crippen LogP contribution in [0.1, 0.15) is 36.9 Å². The van der Waals surface area contributed by atoms with Crippen molar-refractivity contribution in [3.63, 3.8) is 0 Å². The molecule has 1 heterocycles. The number of hydrogen-bond donors (Lipinski definition) is 2. The maximum Gasteiger partial charge on any atom is 0.0443 e. The Morgan fingerprint density at radius 3 is 2.60 bits per heavy atom. The number of thiophene rings is 1. The SMILES string of the molecule is CC(C)(C)c1ccc(CNCCCO)s1. The first kappa shape index (κ1) is 12.7. The lowest BCUT2D eigenvalue weighted by atomic mass is 9.95. The van der Waals surface area contributed by atoms with Crippen LogP contribution in [-0.4, -0.2) is 18.3 Å². The zero-order valence-electron chi connectivity index (χ0n) is 9.84. The minimum absolute atomic E-state index is 0.258. The van der Waals surface area contributed by atoms with Gasteiger partial charge in [-0.3, -0.25) is 0 Å². The van der Waals surface area contributed by atoms with Gasteiger partial charge >= 0.3 is 0 Å². The summed E-state index contributed by atoms with van der Waals surface area (Å²) < 4.78 is 0. The summed E-state index contributed by atoms with van der Waals surface area (Å²) in [5.41, 5.74) is 0.258. The molecule has 0 aliphatic carbocycles. The standard InChI is InChI=1S/C12H21NOS/c1-12(2,3)11-6-5-10(15-11)9-13-7-4-8-14/h5-6,13-14H,4,7-9H2,1-3H3. The second-order valence-electron chi connectivity index (χ2n) is 4.77. The molecule has 0 amide bonds. The van der Waals surface area contributed by atoms with E-state index in [0.717, 1.165) is 19.5 Å². The van der Waals surface area contributed by atoms with Crippen molar-refractivity contribution in [1.82, 2.24) is 5.32 Å². The Morgan fingerprint density at radius 1 is 1.33 bits per heavy atom. The lowest BCUT2D eigenvalue weighted by Crippen LogP contribution is -2.14. The van der Waals surface area contributed by atoms with Crippen molar-refractivity contribution in [3.05, 3.63) is 21.9 Å². The minimum Gasteiger partial charge on any atom is -0.396 e. The average molecular weight is 227 g/mol. The molecular weight excluding hydrogens is 206 g/mol. The molecule has 0 unspecified atom stereocenters. The van der Waals surface area contributed by atoms with E-state index in [1.807, 2.05) is 11.3 Å². The highest BCUT2D eigenvalue weighted by Crippen LogP contribution is 2.29. The predicted octanol–water partition coefficient (Wildman–Crippen LogP) is 2.52. The highest BCUT2D eigenvalue weighted by atomic mass is 32.1. The molecule has 0 bridgehead atoms. The van der Waals surface area contributed by atoms with Crippen LogP contribution in [0.15, 0.2) is 12.1 Å². The molecule has 1 rings (SSSR count). The van der Waals surface area contributed by atoms with Crippen LogP contribution in [0.5, 0.6) is 0 Å². The van der Waals surface area contributed by atoms with E-state index in [-0.39, 0.29) is 12.0 Å². The predicted molar refractivity (Wildman–Crippen MR) is 66.4 cm³/mol. The van der Waals surface area contributed by atoms with Crippen molar-refractivity contribution in [2.45, 2.75) is 39.2 Å². The fraction of sp³-hybridized carbons (Fsp3) is 0.667. The molecule has 1 aromatic heterocycles. The molecule has 0 fully saturated rings. The van der Waals surface area contributed by atoms with Crippen LogP contribution in [0.4, 0.5) is 0 Å². The lowest BCUT2D eigenvalue weighted by molar-refractivity contribution is 0.286. The molecule has 0 saturated heterocycles. The van der Waals surface area contributed by atoms with E-state index in [1.54, 1.807) is 0 Å². The number of aliphatic hydroxyl groups is 1. The third kappa shape index (κ3) is 4.33. The molecule has 0 saturated carbocycles. The summed E-state index contributed by atoms with van der Waals surface area (Å²) in [4.78, 5) is 2.80. The maximum atomic E-state index is 8.64. The number of aliphatic hydroxyl groups excluding tert-OH is 1. The topological polar surface area (TPSA) is 32.3 Å². The van der Waals surface area contributed by atoms with Crippen molar-refractivity contribution < 1.29 is 5.11 Å². The Hall–Kier alpha value is -0.380. The van der Waals surface area contributed by atoms with Crippen molar-refractivity contribution in [2.75, 3.05) is 13.2 Å². The van der Waals surface area contributed by atoms with E-state index in [4.69, 9.17) is 5.11 Å². The highest BCUT2D eigenvalue weighted by molar-refractivity contribution is 7.12. The lowest BCUT2D eigenvalue weighted by Gasteiger charge is -2.15. The smallest absolute Gasteiger partial charge is 0.0443 e. The number of rotatable bonds is 5. The van der Waals surface area contributed by atoms with Gasteiger partial charge in [0.2, 0.25) is 0 Å². The first-order valence-electron chi connectivity index (χ1n) is 5.45. The van der Waals surface area contributed by atoms with Gasteiger partial charge in [0, 0.05) is 22.9 Å². The van der Waals surface area contributed by atoms with E-state index in [0.29, 0.717) is 0 Å². The Bertz CT molecular complexity index is 288. The van der Waals surface area contributed by atoms with E-state index in [2.05, 4.69) is 38.2 Å². The third-order valence-corrected chi connectivity index (χ3v) is 3.72. The van der Waals surface area contributed by atoms with Gasteiger partial charge < -0.3 is 10.4 Å².